The van der Waals surface area contributed by atoms with Crippen LogP contribution >= 0.6 is 0 Å². The Hall–Kier alpha value is -2.40. The highest BCUT2D eigenvalue weighted by Gasteiger charge is 2.07. The molecule has 2 aromatic rings. The zero-order valence-corrected chi connectivity index (χ0v) is 14.7. The third kappa shape index (κ3) is 5.06. The summed E-state index contributed by atoms with van der Waals surface area (Å²) in [5.74, 6) is -0.0902. The molecule has 2 rings (SSSR count). The molecule has 128 valence electrons. The van der Waals surface area contributed by atoms with Gasteiger partial charge in [-0.1, -0.05) is 19.1 Å². The van der Waals surface area contributed by atoms with Gasteiger partial charge in [-0.15, -0.1) is 0 Å². The van der Waals surface area contributed by atoms with Crippen LogP contribution in [-0.2, 0) is 0 Å². The van der Waals surface area contributed by atoms with E-state index in [1.807, 2.05) is 32.3 Å². The summed E-state index contributed by atoms with van der Waals surface area (Å²) >= 11 is 0. The maximum Gasteiger partial charge on any atom is 0.252 e. The Morgan fingerprint density at radius 1 is 1.04 bits per heavy atom. The van der Waals surface area contributed by atoms with Crippen molar-refractivity contribution in [1.29, 1.82) is 0 Å². The number of anilines is 1. The molecular weight excluding hydrogens is 300 g/mol. The van der Waals surface area contributed by atoms with Crippen molar-refractivity contribution >= 4 is 11.6 Å². The number of carbonyl (C=O) groups is 1. The molecule has 5 nitrogen and oxygen atoms in total. The number of hydrogen-bond acceptors (Lipinski definition) is 4. The molecular formula is C19H26N4O. The first-order chi connectivity index (χ1) is 11.6. The summed E-state index contributed by atoms with van der Waals surface area (Å²) in [6.07, 6.45) is 4.48. The summed E-state index contributed by atoms with van der Waals surface area (Å²) in [6.45, 7) is 4.48. The van der Waals surface area contributed by atoms with Gasteiger partial charge < -0.3 is 15.5 Å². The standard InChI is InChI=1S/C19H26N4O/c1-4-9-20-10-11-22-19(24)17-12-16(13-21-14-17)15-5-7-18(8-6-15)23(2)3/h5-8,12-14,20H,4,9-11H2,1-3H3,(H,22,24). The second-order valence-corrected chi connectivity index (χ2v) is 5.91. The van der Waals surface area contributed by atoms with Crippen LogP contribution in [0.1, 0.15) is 23.7 Å². The largest absolute Gasteiger partial charge is 0.378 e. The zero-order chi connectivity index (χ0) is 17.4. The van der Waals surface area contributed by atoms with E-state index >= 15 is 0 Å². The van der Waals surface area contributed by atoms with Gasteiger partial charge in [0.15, 0.2) is 0 Å². The maximum atomic E-state index is 12.2. The monoisotopic (exact) mass is 326 g/mol. The zero-order valence-electron chi connectivity index (χ0n) is 14.7. The predicted octanol–water partition coefficient (Wildman–Crippen LogP) is 2.54. The molecule has 0 unspecified atom stereocenters. The lowest BCUT2D eigenvalue weighted by atomic mass is 10.1. The van der Waals surface area contributed by atoms with E-state index in [0.717, 1.165) is 36.3 Å². The topological polar surface area (TPSA) is 57.3 Å². The van der Waals surface area contributed by atoms with E-state index < -0.39 is 0 Å². The summed E-state index contributed by atoms with van der Waals surface area (Å²) in [7, 11) is 4.02. The molecule has 0 saturated carbocycles. The quantitative estimate of drug-likeness (QED) is 0.732. The first kappa shape index (κ1) is 17.9. The molecule has 0 bridgehead atoms. The number of hydrogen-bond donors (Lipinski definition) is 2. The van der Waals surface area contributed by atoms with Gasteiger partial charge in [0.2, 0.25) is 0 Å². The normalized spacial score (nSPS) is 10.5. The molecule has 0 saturated heterocycles. The number of nitrogens with one attached hydrogen (secondary N) is 2. The van der Waals surface area contributed by atoms with Crippen LogP contribution in [0.25, 0.3) is 11.1 Å². The number of amides is 1. The van der Waals surface area contributed by atoms with Gasteiger partial charge in [0, 0.05) is 50.8 Å². The summed E-state index contributed by atoms with van der Waals surface area (Å²) in [6, 6.07) is 10.1. The van der Waals surface area contributed by atoms with E-state index in [1.165, 1.54) is 0 Å². The van der Waals surface area contributed by atoms with Crippen molar-refractivity contribution in [3.8, 4) is 11.1 Å². The van der Waals surface area contributed by atoms with Crippen LogP contribution < -0.4 is 15.5 Å². The summed E-state index contributed by atoms with van der Waals surface area (Å²) < 4.78 is 0. The lowest BCUT2D eigenvalue weighted by Crippen LogP contribution is -2.32. The Morgan fingerprint density at radius 3 is 2.46 bits per heavy atom. The molecule has 24 heavy (non-hydrogen) atoms. The van der Waals surface area contributed by atoms with Gasteiger partial charge in [-0.25, -0.2) is 0 Å². The average Bonchev–Trinajstić information content (AvgIpc) is 2.61. The Bertz CT molecular complexity index is 653. The SMILES string of the molecule is CCCNCCNC(=O)c1cncc(-c2ccc(N(C)C)cc2)c1. The minimum Gasteiger partial charge on any atom is -0.378 e. The van der Waals surface area contributed by atoms with Crippen LogP contribution in [-0.4, -0.2) is 44.6 Å². The molecule has 0 aliphatic rings. The number of benzene rings is 1. The molecule has 1 amide bonds. The molecule has 2 N–H and O–H groups in total. The van der Waals surface area contributed by atoms with Crippen LogP contribution in [0.2, 0.25) is 0 Å². The van der Waals surface area contributed by atoms with Crippen molar-refractivity contribution in [2.24, 2.45) is 0 Å². The highest BCUT2D eigenvalue weighted by Crippen LogP contribution is 2.22. The molecule has 0 spiro atoms. The summed E-state index contributed by atoms with van der Waals surface area (Å²) in [5.41, 5.74) is 3.71. The van der Waals surface area contributed by atoms with Gasteiger partial charge in [-0.2, -0.15) is 0 Å². The maximum absolute atomic E-state index is 12.2. The summed E-state index contributed by atoms with van der Waals surface area (Å²) in [5, 5.41) is 6.17. The first-order valence-electron chi connectivity index (χ1n) is 8.33. The van der Waals surface area contributed by atoms with Crippen LogP contribution in [0.15, 0.2) is 42.7 Å². The molecule has 1 heterocycles. The van der Waals surface area contributed by atoms with E-state index in [0.29, 0.717) is 12.1 Å². The van der Waals surface area contributed by atoms with Crippen LogP contribution in [0.3, 0.4) is 0 Å². The van der Waals surface area contributed by atoms with Gasteiger partial charge in [0.25, 0.3) is 5.91 Å². The van der Waals surface area contributed by atoms with Crippen molar-refractivity contribution in [3.63, 3.8) is 0 Å². The average molecular weight is 326 g/mol. The van der Waals surface area contributed by atoms with Gasteiger partial charge >= 0.3 is 0 Å². The van der Waals surface area contributed by atoms with Crippen LogP contribution in [0, 0.1) is 0 Å². The van der Waals surface area contributed by atoms with Crippen molar-refractivity contribution < 1.29 is 4.79 Å². The lowest BCUT2D eigenvalue weighted by Gasteiger charge is -2.13. The van der Waals surface area contributed by atoms with Crippen molar-refractivity contribution in [2.75, 3.05) is 38.6 Å². The predicted molar refractivity (Wildman–Crippen MR) is 99.5 cm³/mol. The van der Waals surface area contributed by atoms with E-state index in [1.54, 1.807) is 12.4 Å². The molecule has 0 atom stereocenters. The van der Waals surface area contributed by atoms with Gasteiger partial charge in [0.05, 0.1) is 5.56 Å². The second-order valence-electron chi connectivity index (χ2n) is 5.91. The van der Waals surface area contributed by atoms with Gasteiger partial charge in [0.1, 0.15) is 0 Å². The van der Waals surface area contributed by atoms with E-state index in [4.69, 9.17) is 0 Å². The lowest BCUT2D eigenvalue weighted by molar-refractivity contribution is 0.0953. The highest BCUT2D eigenvalue weighted by molar-refractivity contribution is 5.95. The van der Waals surface area contributed by atoms with Gasteiger partial charge in [-0.3, -0.25) is 9.78 Å². The molecule has 0 radical (unpaired) electrons. The minimum absolute atomic E-state index is 0.0902. The second kappa shape index (κ2) is 9.03. The Labute approximate surface area is 144 Å². The molecule has 5 heteroatoms. The molecule has 0 aliphatic carbocycles. The first-order valence-corrected chi connectivity index (χ1v) is 8.33. The molecule has 1 aromatic heterocycles. The number of pyridine rings is 1. The Kier molecular flexibility index (Phi) is 6.75. The van der Waals surface area contributed by atoms with Gasteiger partial charge in [-0.05, 0) is 36.7 Å². The van der Waals surface area contributed by atoms with Crippen LogP contribution in [0.5, 0.6) is 0 Å². The number of carbonyl (C=O) groups excluding carboxylic acids is 1. The number of nitrogens with zero attached hydrogens (tertiary/aromatic N) is 2. The third-order valence-corrected chi connectivity index (χ3v) is 3.73. The summed E-state index contributed by atoms with van der Waals surface area (Å²) in [4.78, 5) is 18.5. The van der Waals surface area contributed by atoms with Crippen molar-refractivity contribution in [2.45, 2.75) is 13.3 Å². The molecule has 0 aliphatic heterocycles. The minimum atomic E-state index is -0.0902. The smallest absolute Gasteiger partial charge is 0.252 e. The number of rotatable bonds is 8. The van der Waals surface area contributed by atoms with E-state index in [-0.39, 0.29) is 5.91 Å². The van der Waals surface area contributed by atoms with Crippen molar-refractivity contribution in [1.82, 2.24) is 15.6 Å². The Balaban J connectivity index is 2.01. The van der Waals surface area contributed by atoms with Crippen LogP contribution in [0.4, 0.5) is 5.69 Å². The fraction of sp³-hybridized carbons (Fsp3) is 0.368. The Morgan fingerprint density at radius 2 is 1.79 bits per heavy atom. The fourth-order valence-corrected chi connectivity index (χ4v) is 2.34. The van der Waals surface area contributed by atoms with E-state index in [9.17, 15) is 4.79 Å². The van der Waals surface area contributed by atoms with E-state index in [2.05, 4.69) is 39.6 Å². The highest BCUT2D eigenvalue weighted by atomic mass is 16.1. The third-order valence-electron chi connectivity index (χ3n) is 3.73. The molecule has 1 aromatic carbocycles. The fourth-order valence-electron chi connectivity index (χ4n) is 2.34. The number of aromatic nitrogens is 1. The molecule has 0 fully saturated rings. The van der Waals surface area contributed by atoms with Crippen molar-refractivity contribution in [3.05, 3.63) is 48.3 Å².